The van der Waals surface area contributed by atoms with E-state index < -0.39 is 12.2 Å². The van der Waals surface area contributed by atoms with Gasteiger partial charge in [0.1, 0.15) is 0 Å². The Morgan fingerprint density at radius 3 is 0.875 bits per heavy atom. The molecule has 8 rings (SSSR count). The molecule has 0 amide bonds. The van der Waals surface area contributed by atoms with Crippen molar-refractivity contribution in [3.8, 4) is 0 Å². The van der Waals surface area contributed by atoms with Crippen molar-refractivity contribution in [2.45, 2.75) is 89.3 Å². The Labute approximate surface area is 146 Å². The Bertz CT molecular complexity index is 420. The summed E-state index contributed by atoms with van der Waals surface area (Å²) in [5, 5.41) is 23.0. The SMILES string of the molecule is O[C@@H]([C@H](O)C12CC3CC(CC(C3)C1)C2)C12CC3CC(CC(C3)C1)C2. The molecule has 134 valence electrons. The lowest BCUT2D eigenvalue weighted by atomic mass is 9.44. The van der Waals surface area contributed by atoms with Crippen LogP contribution in [-0.4, -0.2) is 22.4 Å². The first-order valence-corrected chi connectivity index (χ1v) is 10.9. The predicted molar refractivity (Wildman–Crippen MR) is 93.2 cm³/mol. The summed E-state index contributed by atoms with van der Waals surface area (Å²) < 4.78 is 0. The maximum Gasteiger partial charge on any atom is 0.0860 e. The summed E-state index contributed by atoms with van der Waals surface area (Å²) in [5.74, 6) is 5.14. The number of hydrogen-bond acceptors (Lipinski definition) is 2. The summed E-state index contributed by atoms with van der Waals surface area (Å²) in [7, 11) is 0. The van der Waals surface area contributed by atoms with Crippen LogP contribution in [0.1, 0.15) is 77.0 Å². The lowest BCUT2D eigenvalue weighted by molar-refractivity contribution is -0.208. The molecule has 0 aromatic carbocycles. The first kappa shape index (κ1) is 15.0. The van der Waals surface area contributed by atoms with Gasteiger partial charge in [-0.25, -0.2) is 0 Å². The van der Waals surface area contributed by atoms with Crippen molar-refractivity contribution in [1.29, 1.82) is 0 Å². The fraction of sp³-hybridized carbons (Fsp3) is 1.00. The van der Waals surface area contributed by atoms with E-state index in [1.54, 1.807) is 0 Å². The molecule has 2 heteroatoms. The average Bonchev–Trinajstić information content (AvgIpc) is 2.51. The Hall–Kier alpha value is -0.0800. The van der Waals surface area contributed by atoms with Gasteiger partial charge in [-0.2, -0.15) is 0 Å². The van der Waals surface area contributed by atoms with Crippen molar-refractivity contribution in [3.05, 3.63) is 0 Å². The van der Waals surface area contributed by atoms with E-state index in [9.17, 15) is 10.2 Å². The van der Waals surface area contributed by atoms with E-state index in [0.29, 0.717) is 0 Å². The van der Waals surface area contributed by atoms with Gasteiger partial charge in [0, 0.05) is 0 Å². The second kappa shape index (κ2) is 4.80. The number of hydrogen-bond donors (Lipinski definition) is 2. The Morgan fingerprint density at radius 2 is 0.667 bits per heavy atom. The van der Waals surface area contributed by atoms with Crippen molar-refractivity contribution < 1.29 is 10.2 Å². The molecule has 0 aromatic heterocycles. The van der Waals surface area contributed by atoms with Crippen molar-refractivity contribution in [3.63, 3.8) is 0 Å². The second-order valence-electron chi connectivity index (χ2n) is 11.4. The highest BCUT2D eigenvalue weighted by Crippen LogP contribution is 2.66. The summed E-state index contributed by atoms with van der Waals surface area (Å²) in [6.07, 6.45) is 14.9. The fourth-order valence-electron chi connectivity index (χ4n) is 9.75. The first-order valence-electron chi connectivity index (χ1n) is 10.9. The van der Waals surface area contributed by atoms with Crippen LogP contribution in [0.3, 0.4) is 0 Å². The third kappa shape index (κ3) is 1.96. The summed E-state index contributed by atoms with van der Waals surface area (Å²) >= 11 is 0. The summed E-state index contributed by atoms with van der Waals surface area (Å²) in [5.41, 5.74) is 0.162. The van der Waals surface area contributed by atoms with Gasteiger partial charge < -0.3 is 10.2 Å². The van der Waals surface area contributed by atoms with E-state index in [1.807, 2.05) is 0 Å². The molecular weight excluding hydrogens is 296 g/mol. The Morgan fingerprint density at radius 1 is 0.458 bits per heavy atom. The summed E-state index contributed by atoms with van der Waals surface area (Å²) in [6, 6.07) is 0. The lowest BCUT2D eigenvalue weighted by Crippen LogP contribution is -2.61. The normalized spacial score (nSPS) is 59.8. The van der Waals surface area contributed by atoms with Gasteiger partial charge in [0.25, 0.3) is 0 Å². The van der Waals surface area contributed by atoms with Crippen LogP contribution in [0.5, 0.6) is 0 Å². The van der Waals surface area contributed by atoms with Crippen molar-refractivity contribution >= 4 is 0 Å². The van der Waals surface area contributed by atoms with Crippen molar-refractivity contribution in [2.75, 3.05) is 0 Å². The number of aliphatic hydroxyl groups is 2. The molecule has 2 atom stereocenters. The average molecular weight is 331 g/mol. The minimum Gasteiger partial charge on any atom is -0.390 e. The first-order chi connectivity index (χ1) is 11.5. The largest absolute Gasteiger partial charge is 0.390 e. The minimum atomic E-state index is -0.442. The Balaban J connectivity index is 1.29. The van der Waals surface area contributed by atoms with Crippen LogP contribution in [0.15, 0.2) is 0 Å². The maximum atomic E-state index is 11.5. The summed E-state index contributed by atoms with van der Waals surface area (Å²) in [6.45, 7) is 0. The van der Waals surface area contributed by atoms with Crippen molar-refractivity contribution in [1.82, 2.24) is 0 Å². The topological polar surface area (TPSA) is 40.5 Å². The highest BCUT2D eigenvalue weighted by atomic mass is 16.3. The van der Waals surface area contributed by atoms with Gasteiger partial charge in [0.15, 0.2) is 0 Å². The molecule has 0 spiro atoms. The smallest absolute Gasteiger partial charge is 0.0860 e. The molecule has 8 bridgehead atoms. The van der Waals surface area contributed by atoms with Gasteiger partial charge in [-0.1, -0.05) is 0 Å². The number of rotatable bonds is 3. The lowest BCUT2D eigenvalue weighted by Gasteiger charge is -2.63. The van der Waals surface area contributed by atoms with Gasteiger partial charge in [-0.3, -0.25) is 0 Å². The molecule has 0 heterocycles. The highest BCUT2D eigenvalue weighted by Gasteiger charge is 2.61. The van der Waals surface area contributed by atoms with E-state index in [1.165, 1.54) is 77.0 Å². The van der Waals surface area contributed by atoms with Gasteiger partial charge in [0.05, 0.1) is 12.2 Å². The molecule has 8 aliphatic carbocycles. The molecule has 0 aromatic rings. The minimum absolute atomic E-state index is 0.0809. The van der Waals surface area contributed by atoms with Gasteiger partial charge in [0.2, 0.25) is 0 Å². The molecule has 0 saturated heterocycles. The van der Waals surface area contributed by atoms with Crippen LogP contribution >= 0.6 is 0 Å². The molecule has 8 aliphatic rings. The van der Waals surface area contributed by atoms with Gasteiger partial charge in [-0.15, -0.1) is 0 Å². The van der Waals surface area contributed by atoms with E-state index in [2.05, 4.69) is 0 Å². The van der Waals surface area contributed by atoms with E-state index in [0.717, 1.165) is 35.5 Å². The molecule has 8 fully saturated rings. The quantitative estimate of drug-likeness (QED) is 0.816. The van der Waals surface area contributed by atoms with Crippen LogP contribution in [0.2, 0.25) is 0 Å². The zero-order valence-corrected chi connectivity index (χ0v) is 15.0. The van der Waals surface area contributed by atoms with E-state index in [-0.39, 0.29) is 10.8 Å². The third-order valence-electron chi connectivity index (χ3n) is 9.73. The van der Waals surface area contributed by atoms with E-state index >= 15 is 0 Å². The molecule has 2 nitrogen and oxygen atoms in total. The van der Waals surface area contributed by atoms with Crippen LogP contribution in [0.4, 0.5) is 0 Å². The standard InChI is InChI=1S/C22H34O2/c23-19(21-7-13-1-14(8-21)3-15(2-13)9-21)20(24)22-10-16-4-17(11-22)6-18(5-16)12-22/h13-20,23-24H,1-12H2/t13?,14?,15?,16?,17?,18?,19-,20-,21?,22?/m0/s1. The molecule has 0 aliphatic heterocycles. The van der Waals surface area contributed by atoms with Gasteiger partial charge in [-0.05, 0) is 123 Å². The molecule has 24 heavy (non-hydrogen) atoms. The zero-order chi connectivity index (χ0) is 16.1. The predicted octanol–water partition coefficient (Wildman–Crippen LogP) is 4.14. The fourth-order valence-corrected chi connectivity index (χ4v) is 9.75. The summed E-state index contributed by atoms with van der Waals surface area (Å²) in [4.78, 5) is 0. The molecule has 0 unspecified atom stereocenters. The maximum absolute atomic E-state index is 11.5. The van der Waals surface area contributed by atoms with Crippen LogP contribution < -0.4 is 0 Å². The monoisotopic (exact) mass is 330 g/mol. The molecular formula is C22H34O2. The van der Waals surface area contributed by atoms with Crippen LogP contribution in [-0.2, 0) is 0 Å². The van der Waals surface area contributed by atoms with Crippen molar-refractivity contribution in [2.24, 2.45) is 46.3 Å². The van der Waals surface area contributed by atoms with Crippen LogP contribution in [0, 0.1) is 46.3 Å². The Kier molecular flexibility index (Phi) is 3.00. The van der Waals surface area contributed by atoms with Gasteiger partial charge >= 0.3 is 0 Å². The second-order valence-corrected chi connectivity index (χ2v) is 11.4. The molecule has 2 N–H and O–H groups in total. The zero-order valence-electron chi connectivity index (χ0n) is 15.0. The molecule has 8 saturated carbocycles. The van der Waals surface area contributed by atoms with Crippen LogP contribution in [0.25, 0.3) is 0 Å². The molecule has 0 radical (unpaired) electrons. The third-order valence-corrected chi connectivity index (χ3v) is 9.73. The van der Waals surface area contributed by atoms with E-state index in [4.69, 9.17) is 0 Å². The highest BCUT2D eigenvalue weighted by molar-refractivity contribution is 5.11. The number of aliphatic hydroxyl groups excluding tert-OH is 2.